The summed E-state index contributed by atoms with van der Waals surface area (Å²) in [5, 5.41) is 52.2. The number of hydrogen-bond donors (Lipinski definition) is 6. The molecule has 0 aromatic rings. The summed E-state index contributed by atoms with van der Waals surface area (Å²) < 4.78 is 4.77. The molecule has 11 heteroatoms. The van der Waals surface area contributed by atoms with Gasteiger partial charge in [-0.2, -0.15) is 0 Å². The van der Waals surface area contributed by atoms with E-state index in [0.29, 0.717) is 20.8 Å². The minimum atomic E-state index is -3.70. The molecule has 0 radical (unpaired) electrons. The van der Waals surface area contributed by atoms with Gasteiger partial charge in [0.15, 0.2) is 28.7 Å². The molecule has 0 aromatic heterocycles. The van der Waals surface area contributed by atoms with E-state index in [2.05, 4.69) is 0 Å². The zero-order valence-electron chi connectivity index (χ0n) is 14.0. The molecule has 7 N–H and O–H groups in total. The van der Waals surface area contributed by atoms with Crippen LogP contribution >= 0.6 is 0 Å². The van der Waals surface area contributed by atoms with Crippen molar-refractivity contribution < 1.29 is 49.4 Å². The molecule has 1 aliphatic heterocycles. The fraction of sp³-hybridized carbons (Fsp3) is 0.714. The molecule has 142 valence electrons. The van der Waals surface area contributed by atoms with E-state index in [0.717, 1.165) is 6.92 Å². The summed E-state index contributed by atoms with van der Waals surface area (Å²) in [5.41, 5.74) is -5.47. The summed E-state index contributed by atoms with van der Waals surface area (Å²) in [6.07, 6.45) is -4.85. The van der Waals surface area contributed by atoms with Crippen LogP contribution in [0, 0.1) is 0 Å². The summed E-state index contributed by atoms with van der Waals surface area (Å²) in [6, 6.07) is 0. The van der Waals surface area contributed by atoms with E-state index in [1.165, 1.54) is 0 Å². The molecule has 1 saturated heterocycles. The Hall–Kier alpha value is -1.60. The van der Waals surface area contributed by atoms with Crippen LogP contribution in [0.4, 0.5) is 0 Å². The quantitative estimate of drug-likeness (QED) is 0.259. The van der Waals surface area contributed by atoms with Crippen molar-refractivity contribution >= 4 is 23.1 Å². The second kappa shape index (κ2) is 5.99. The van der Waals surface area contributed by atoms with E-state index in [1.807, 2.05) is 0 Å². The highest BCUT2D eigenvalue weighted by Crippen LogP contribution is 2.48. The van der Waals surface area contributed by atoms with Crippen LogP contribution in [0.5, 0.6) is 0 Å². The zero-order chi connectivity index (χ0) is 20.2. The Balaban J connectivity index is 3.96. The van der Waals surface area contributed by atoms with Crippen LogP contribution in [0.3, 0.4) is 0 Å². The molecule has 0 amide bonds. The predicted molar refractivity (Wildman–Crippen MR) is 77.6 cm³/mol. The van der Waals surface area contributed by atoms with E-state index in [9.17, 15) is 44.7 Å². The van der Waals surface area contributed by atoms with Gasteiger partial charge in [0.1, 0.15) is 12.2 Å². The van der Waals surface area contributed by atoms with Crippen molar-refractivity contribution in [2.24, 2.45) is 5.73 Å². The van der Waals surface area contributed by atoms with Crippen LogP contribution in [0.2, 0.25) is 0 Å². The first-order valence-corrected chi connectivity index (χ1v) is 7.11. The van der Waals surface area contributed by atoms with Gasteiger partial charge in [-0.15, -0.1) is 0 Å². The largest absolute Gasteiger partial charge is 0.382 e. The number of aliphatic hydroxyl groups excluding tert-OH is 1. The number of hydrogen-bond acceptors (Lipinski definition) is 11. The molecule has 1 heterocycles. The van der Waals surface area contributed by atoms with E-state index in [1.54, 1.807) is 0 Å². The van der Waals surface area contributed by atoms with Crippen molar-refractivity contribution in [3.63, 3.8) is 0 Å². The Kier molecular flexibility index (Phi) is 5.13. The number of carbonyl (C=O) groups excluding carboxylic acids is 4. The van der Waals surface area contributed by atoms with Gasteiger partial charge < -0.3 is 30.3 Å². The molecule has 11 nitrogen and oxygen atoms in total. The molecule has 1 aliphatic rings. The lowest BCUT2D eigenvalue weighted by Gasteiger charge is -2.59. The van der Waals surface area contributed by atoms with Gasteiger partial charge in [0.2, 0.25) is 11.3 Å². The summed E-state index contributed by atoms with van der Waals surface area (Å²) in [5.74, 6) is -9.01. The highest BCUT2D eigenvalue weighted by molar-refractivity contribution is 6.02. The third kappa shape index (κ3) is 2.39. The Morgan fingerprint density at radius 2 is 1.36 bits per heavy atom. The van der Waals surface area contributed by atoms with Crippen molar-refractivity contribution in [1.82, 2.24) is 0 Å². The van der Waals surface area contributed by atoms with Gasteiger partial charge in [-0.1, -0.05) is 0 Å². The maximum Gasteiger partial charge on any atom is 0.274 e. The first kappa shape index (κ1) is 21.4. The lowest BCUT2D eigenvalue weighted by molar-refractivity contribution is -0.406. The number of Topliss-reactive ketones (excluding diaryl/α,β-unsaturated/α-hetero) is 4. The van der Waals surface area contributed by atoms with Gasteiger partial charge >= 0.3 is 0 Å². The van der Waals surface area contributed by atoms with Crippen molar-refractivity contribution in [3.8, 4) is 0 Å². The highest BCUT2D eigenvalue weighted by Gasteiger charge is 2.82. The topological polar surface area (TPSA) is 205 Å². The maximum absolute atomic E-state index is 12.1. The van der Waals surface area contributed by atoms with Crippen LogP contribution in [-0.2, 0) is 23.9 Å². The molecule has 0 spiro atoms. The molecule has 0 aliphatic carbocycles. The Morgan fingerprint density at radius 1 is 0.920 bits per heavy atom. The summed E-state index contributed by atoms with van der Waals surface area (Å²) in [7, 11) is 0. The number of ketones is 4. The number of ether oxygens (including phenoxy) is 1. The molecule has 0 bridgehead atoms. The predicted octanol–water partition coefficient (Wildman–Crippen LogP) is -4.10. The van der Waals surface area contributed by atoms with E-state index in [4.69, 9.17) is 10.5 Å². The molecule has 0 aromatic carbocycles. The van der Waals surface area contributed by atoms with Gasteiger partial charge in [0.25, 0.3) is 5.79 Å². The normalized spacial score (nSPS) is 42.6. The fourth-order valence-electron chi connectivity index (χ4n) is 2.95. The number of aliphatic hydroxyl groups is 5. The average molecular weight is 363 g/mol. The number of carbonyl (C=O) groups is 4. The lowest BCUT2D eigenvalue weighted by atomic mass is 9.61. The van der Waals surface area contributed by atoms with Gasteiger partial charge in [-0.25, -0.2) is 0 Å². The Labute approximate surface area is 142 Å². The second-order valence-electron chi connectivity index (χ2n) is 6.15. The minimum Gasteiger partial charge on any atom is -0.382 e. The maximum atomic E-state index is 12.1. The minimum absolute atomic E-state index is 0.606. The lowest BCUT2D eigenvalue weighted by Crippen LogP contribution is -2.92. The molecule has 1 rings (SSSR count). The van der Waals surface area contributed by atoms with Gasteiger partial charge in [-0.3, -0.25) is 24.9 Å². The average Bonchev–Trinajstić information content (AvgIpc) is 2.47. The third-order valence-corrected chi connectivity index (χ3v) is 4.56. The van der Waals surface area contributed by atoms with Crippen molar-refractivity contribution in [1.29, 1.82) is 0 Å². The smallest absolute Gasteiger partial charge is 0.274 e. The molecular formula is C14H21NO10. The van der Waals surface area contributed by atoms with Crippen molar-refractivity contribution in [2.45, 2.75) is 62.6 Å². The fourth-order valence-corrected chi connectivity index (χ4v) is 2.95. The second-order valence-corrected chi connectivity index (χ2v) is 6.15. The van der Waals surface area contributed by atoms with Crippen molar-refractivity contribution in [3.05, 3.63) is 0 Å². The Bertz CT molecular complexity index is 646. The Morgan fingerprint density at radius 3 is 1.64 bits per heavy atom. The molecule has 6 atom stereocenters. The molecule has 0 saturated carbocycles. The summed E-state index contributed by atoms with van der Waals surface area (Å²) in [4.78, 5) is 47.4. The highest BCUT2D eigenvalue weighted by atomic mass is 16.7. The summed E-state index contributed by atoms with van der Waals surface area (Å²) >= 11 is 0. The van der Waals surface area contributed by atoms with E-state index in [-0.39, 0.29) is 0 Å². The first-order valence-electron chi connectivity index (χ1n) is 7.11. The van der Waals surface area contributed by atoms with Gasteiger partial charge in [0, 0.05) is 6.92 Å². The van der Waals surface area contributed by atoms with Crippen molar-refractivity contribution in [2.75, 3.05) is 0 Å². The van der Waals surface area contributed by atoms with Crippen LogP contribution in [0.15, 0.2) is 0 Å². The molecule has 1 unspecified atom stereocenters. The van der Waals surface area contributed by atoms with Crippen LogP contribution in [0.25, 0.3) is 0 Å². The standard InChI is InChI=1S/C14H21NO10/c1-5(16)9(20)10-11(21,6(2)17)12(22,7(3)18)14(15,24)13(23,25-10)8(4)19/h9-10,20-24H,15H2,1-4H3/t9?,10-,11-,12+,13+,14-/m1/s1. The molecule has 1 fully saturated rings. The monoisotopic (exact) mass is 363 g/mol. The van der Waals surface area contributed by atoms with Crippen LogP contribution in [-0.4, -0.2) is 83.6 Å². The van der Waals surface area contributed by atoms with Gasteiger partial charge in [0.05, 0.1) is 0 Å². The van der Waals surface area contributed by atoms with E-state index >= 15 is 0 Å². The van der Waals surface area contributed by atoms with Crippen LogP contribution in [0.1, 0.15) is 27.7 Å². The first-order chi connectivity index (χ1) is 11.0. The number of nitrogens with two attached hydrogens (primary N) is 1. The van der Waals surface area contributed by atoms with Crippen LogP contribution < -0.4 is 5.73 Å². The molecule has 25 heavy (non-hydrogen) atoms. The zero-order valence-corrected chi connectivity index (χ0v) is 14.0. The van der Waals surface area contributed by atoms with E-state index < -0.39 is 58.1 Å². The van der Waals surface area contributed by atoms with Gasteiger partial charge in [-0.05, 0) is 20.8 Å². The summed E-state index contributed by atoms with van der Waals surface area (Å²) in [6.45, 7) is 2.74. The SMILES string of the molecule is CC(=O)C(O)[C@H]1O[C@@](O)(C(C)=O)[C@](N)(O)[C@](O)(C(C)=O)[C@@]1(O)C(C)=O. The molecular weight excluding hydrogens is 342 g/mol. The third-order valence-electron chi connectivity index (χ3n) is 4.56. The number of rotatable bonds is 5.